The van der Waals surface area contributed by atoms with Gasteiger partial charge in [0.05, 0.1) is 33.7 Å². The number of hydrogen-bond donors (Lipinski definition) is 3. The lowest BCUT2D eigenvalue weighted by Crippen LogP contribution is -2.25. The molecule has 0 fully saturated rings. The molecule has 3 aromatic carbocycles. The predicted octanol–water partition coefficient (Wildman–Crippen LogP) is 5.77. The molecular weight excluding hydrogens is 566 g/mol. The number of amides is 1. The molecule has 0 radical (unpaired) electrons. The van der Waals surface area contributed by atoms with Crippen molar-refractivity contribution in [1.82, 2.24) is 15.3 Å². The lowest BCUT2D eigenvalue weighted by atomic mass is 10.2. The van der Waals surface area contributed by atoms with Crippen LogP contribution in [0.3, 0.4) is 0 Å². The third kappa shape index (κ3) is 8.06. The van der Waals surface area contributed by atoms with Crippen LogP contribution in [0.1, 0.15) is 36.5 Å². The Hall–Kier alpha value is -3.93. The van der Waals surface area contributed by atoms with Crippen molar-refractivity contribution in [2.45, 2.75) is 31.1 Å². The van der Waals surface area contributed by atoms with Gasteiger partial charge in [-0.15, -0.1) is 0 Å². The Kier molecular flexibility index (Phi) is 10.3. The zero-order chi connectivity index (χ0) is 29.2. The van der Waals surface area contributed by atoms with E-state index in [0.717, 1.165) is 12.8 Å². The highest BCUT2D eigenvalue weighted by atomic mass is 35.5. The molecule has 1 aromatic heterocycles. The van der Waals surface area contributed by atoms with E-state index in [9.17, 15) is 13.2 Å². The number of halogens is 1. The van der Waals surface area contributed by atoms with E-state index in [1.807, 2.05) is 0 Å². The molecule has 0 saturated carbocycles. The predicted molar refractivity (Wildman–Crippen MR) is 161 cm³/mol. The number of sulfonamides is 1. The van der Waals surface area contributed by atoms with E-state index in [4.69, 9.17) is 21.1 Å². The van der Waals surface area contributed by atoms with Gasteiger partial charge in [0.1, 0.15) is 5.75 Å². The van der Waals surface area contributed by atoms with Crippen LogP contribution in [0.25, 0.3) is 11.0 Å². The second kappa shape index (κ2) is 14.1. The molecule has 4 aromatic rings. The number of anilines is 3. The molecular formula is C29H32ClN5O5S. The van der Waals surface area contributed by atoms with Gasteiger partial charge < -0.3 is 20.1 Å². The van der Waals surface area contributed by atoms with Crippen LogP contribution >= 0.6 is 11.6 Å². The highest BCUT2D eigenvalue weighted by Crippen LogP contribution is 2.32. The number of para-hydroxylation sites is 2. The fourth-order valence-corrected chi connectivity index (χ4v) is 5.05. The first kappa shape index (κ1) is 30.0. The Labute approximate surface area is 244 Å². The van der Waals surface area contributed by atoms with Gasteiger partial charge >= 0.3 is 0 Å². The molecule has 3 N–H and O–H groups in total. The van der Waals surface area contributed by atoms with Crippen molar-refractivity contribution >= 4 is 55.9 Å². The van der Waals surface area contributed by atoms with Gasteiger partial charge in [0.2, 0.25) is 0 Å². The second-order valence-corrected chi connectivity index (χ2v) is 11.2. The fraction of sp³-hybridized carbons (Fsp3) is 0.276. The summed E-state index contributed by atoms with van der Waals surface area (Å²) in [5.41, 5.74) is 1.70. The van der Waals surface area contributed by atoms with Crippen LogP contribution in [0.5, 0.6) is 5.75 Å². The van der Waals surface area contributed by atoms with Crippen molar-refractivity contribution in [3.05, 3.63) is 77.3 Å². The SMILES string of the molecule is CCCCOCCCNC(=O)c1cccc(S(=O)(=O)Nc2nc3ccccc3nc2Nc2cc(OC)ccc2Cl)c1. The lowest BCUT2D eigenvalue weighted by molar-refractivity contribution is 0.0940. The van der Waals surface area contributed by atoms with Crippen molar-refractivity contribution in [2.75, 3.05) is 36.9 Å². The van der Waals surface area contributed by atoms with E-state index in [-0.39, 0.29) is 28.0 Å². The third-order valence-electron chi connectivity index (χ3n) is 6.03. The van der Waals surface area contributed by atoms with Crippen molar-refractivity contribution in [2.24, 2.45) is 0 Å². The zero-order valence-electron chi connectivity index (χ0n) is 22.8. The lowest BCUT2D eigenvalue weighted by Gasteiger charge is -2.15. The number of fused-ring (bicyclic) bond motifs is 1. The summed E-state index contributed by atoms with van der Waals surface area (Å²) in [6, 6.07) is 17.9. The molecule has 0 aliphatic heterocycles. The summed E-state index contributed by atoms with van der Waals surface area (Å²) < 4.78 is 40.2. The Morgan fingerprint density at radius 2 is 1.66 bits per heavy atom. The van der Waals surface area contributed by atoms with E-state index < -0.39 is 10.0 Å². The fourth-order valence-electron chi connectivity index (χ4n) is 3.83. The number of methoxy groups -OCH3 is 1. The molecule has 0 bridgehead atoms. The third-order valence-corrected chi connectivity index (χ3v) is 7.69. The van der Waals surface area contributed by atoms with Crippen LogP contribution in [0, 0.1) is 0 Å². The maximum atomic E-state index is 13.5. The van der Waals surface area contributed by atoms with Gasteiger partial charge in [0.25, 0.3) is 15.9 Å². The number of benzene rings is 3. The minimum Gasteiger partial charge on any atom is -0.497 e. The zero-order valence-corrected chi connectivity index (χ0v) is 24.4. The number of ether oxygens (including phenoxy) is 2. The molecule has 1 heterocycles. The normalized spacial score (nSPS) is 11.3. The number of nitrogens with zero attached hydrogens (tertiary/aromatic N) is 2. The van der Waals surface area contributed by atoms with Gasteiger partial charge in [0.15, 0.2) is 11.6 Å². The number of unbranched alkanes of at least 4 members (excludes halogenated alkanes) is 1. The largest absolute Gasteiger partial charge is 0.497 e. The summed E-state index contributed by atoms with van der Waals surface area (Å²) in [6.45, 7) is 3.75. The van der Waals surface area contributed by atoms with Crippen molar-refractivity contribution < 1.29 is 22.7 Å². The van der Waals surface area contributed by atoms with Crippen molar-refractivity contribution in [3.8, 4) is 5.75 Å². The van der Waals surface area contributed by atoms with Crippen LogP contribution in [0.2, 0.25) is 5.02 Å². The Balaban J connectivity index is 1.55. The topological polar surface area (TPSA) is 132 Å². The minimum absolute atomic E-state index is 0.0412. The highest BCUT2D eigenvalue weighted by Gasteiger charge is 2.21. The van der Waals surface area contributed by atoms with E-state index in [1.165, 1.54) is 25.3 Å². The Morgan fingerprint density at radius 1 is 0.927 bits per heavy atom. The summed E-state index contributed by atoms with van der Waals surface area (Å²) in [5.74, 6) is 0.265. The first-order valence-corrected chi connectivity index (χ1v) is 15.0. The summed E-state index contributed by atoms with van der Waals surface area (Å²) in [4.78, 5) is 21.7. The number of carbonyl (C=O) groups is 1. The van der Waals surface area contributed by atoms with Crippen LogP contribution < -0.4 is 20.1 Å². The molecule has 0 aliphatic carbocycles. The van der Waals surface area contributed by atoms with Crippen LogP contribution in [-0.2, 0) is 14.8 Å². The summed E-state index contributed by atoms with van der Waals surface area (Å²) in [5, 5.41) is 6.24. The maximum absolute atomic E-state index is 13.5. The van der Waals surface area contributed by atoms with Crippen LogP contribution in [-0.4, -0.2) is 51.2 Å². The van der Waals surface area contributed by atoms with Gasteiger partial charge in [-0.25, -0.2) is 18.4 Å². The summed E-state index contributed by atoms with van der Waals surface area (Å²) in [6.07, 6.45) is 2.72. The molecule has 0 spiro atoms. The molecule has 0 unspecified atom stereocenters. The average Bonchev–Trinajstić information content (AvgIpc) is 2.98. The second-order valence-electron chi connectivity index (χ2n) is 9.09. The van der Waals surface area contributed by atoms with E-state index in [0.29, 0.717) is 53.7 Å². The first-order valence-electron chi connectivity index (χ1n) is 13.2. The summed E-state index contributed by atoms with van der Waals surface area (Å²) >= 11 is 6.37. The van der Waals surface area contributed by atoms with E-state index in [2.05, 4.69) is 32.2 Å². The van der Waals surface area contributed by atoms with Crippen molar-refractivity contribution in [1.29, 1.82) is 0 Å². The minimum atomic E-state index is -4.16. The quantitative estimate of drug-likeness (QED) is 0.156. The Bertz CT molecular complexity index is 1620. The van der Waals surface area contributed by atoms with Crippen molar-refractivity contribution in [3.63, 3.8) is 0 Å². The average molecular weight is 598 g/mol. The van der Waals surface area contributed by atoms with E-state index >= 15 is 0 Å². The molecule has 0 atom stereocenters. The molecule has 41 heavy (non-hydrogen) atoms. The Morgan fingerprint density at radius 3 is 2.39 bits per heavy atom. The smallest absolute Gasteiger partial charge is 0.263 e. The highest BCUT2D eigenvalue weighted by molar-refractivity contribution is 7.92. The molecule has 12 heteroatoms. The number of aromatic nitrogens is 2. The first-order chi connectivity index (χ1) is 19.8. The molecule has 0 saturated heterocycles. The number of carbonyl (C=O) groups excluding carboxylic acids is 1. The molecule has 216 valence electrons. The number of rotatable bonds is 14. The van der Waals surface area contributed by atoms with Gasteiger partial charge in [-0.2, -0.15) is 0 Å². The standard InChI is InChI=1S/C29H32ClN5O5S/c1-3-4-16-40-17-8-15-31-29(36)20-9-7-10-22(18-20)41(37,38)35-28-27(32-24-11-5-6-12-25(24)33-28)34-26-19-21(39-2)13-14-23(26)30/h5-7,9-14,18-19H,3-4,8,15-17H2,1-2H3,(H,31,36)(H,32,34)(H,33,35). The van der Waals surface area contributed by atoms with Gasteiger partial charge in [-0.05, 0) is 55.3 Å². The van der Waals surface area contributed by atoms with Gasteiger partial charge in [-0.1, -0.05) is 43.1 Å². The monoisotopic (exact) mass is 597 g/mol. The van der Waals surface area contributed by atoms with Gasteiger partial charge in [0, 0.05) is 31.4 Å². The number of nitrogens with one attached hydrogen (secondary N) is 3. The molecule has 0 aliphatic rings. The molecule has 1 amide bonds. The maximum Gasteiger partial charge on any atom is 0.263 e. The van der Waals surface area contributed by atoms with E-state index in [1.54, 1.807) is 48.5 Å². The molecule has 4 rings (SSSR count). The summed E-state index contributed by atoms with van der Waals surface area (Å²) in [7, 11) is -2.64. The van der Waals surface area contributed by atoms with Gasteiger partial charge in [-0.3, -0.25) is 9.52 Å². The van der Waals surface area contributed by atoms with Crippen LogP contribution in [0.15, 0.2) is 71.6 Å². The van der Waals surface area contributed by atoms with Crippen LogP contribution in [0.4, 0.5) is 17.3 Å². The molecule has 10 nitrogen and oxygen atoms in total. The number of hydrogen-bond acceptors (Lipinski definition) is 8.